The first kappa shape index (κ1) is 21.5. The lowest BCUT2D eigenvalue weighted by Crippen LogP contribution is -2.57. The molecule has 2 aromatic rings. The van der Waals surface area contributed by atoms with Gasteiger partial charge in [0.25, 0.3) is 5.91 Å². The van der Waals surface area contributed by atoms with Crippen molar-refractivity contribution in [2.75, 3.05) is 26.2 Å². The Morgan fingerprint density at radius 2 is 1.68 bits per heavy atom. The fourth-order valence-electron chi connectivity index (χ4n) is 4.86. The minimum atomic E-state index is -0.293. The number of halogens is 1. The summed E-state index contributed by atoms with van der Waals surface area (Å²) in [6, 6.07) is 15.5. The average molecular weight is 424 g/mol. The largest absolute Gasteiger partial charge is 0.351 e. The van der Waals surface area contributed by atoms with Crippen LogP contribution < -0.4 is 5.32 Å². The van der Waals surface area contributed by atoms with Crippen LogP contribution in [0.1, 0.15) is 41.6 Å². The molecule has 1 saturated heterocycles. The van der Waals surface area contributed by atoms with Gasteiger partial charge in [-0.05, 0) is 48.6 Å². The Kier molecular flexibility index (Phi) is 6.97. The lowest BCUT2D eigenvalue weighted by Gasteiger charge is -2.40. The van der Waals surface area contributed by atoms with Crippen LogP contribution in [-0.4, -0.2) is 53.8 Å². The van der Waals surface area contributed by atoms with Crippen molar-refractivity contribution in [3.05, 3.63) is 71.5 Å². The van der Waals surface area contributed by atoms with Crippen LogP contribution in [0.2, 0.25) is 0 Å². The minimum absolute atomic E-state index is 0.0130. The van der Waals surface area contributed by atoms with E-state index in [1.165, 1.54) is 12.1 Å². The number of nitrogens with zero attached hydrogens (tertiary/aromatic N) is 2. The normalized spacial score (nSPS) is 18.7. The summed E-state index contributed by atoms with van der Waals surface area (Å²) in [7, 11) is 0. The zero-order chi connectivity index (χ0) is 21.6. The highest BCUT2D eigenvalue weighted by Gasteiger charge is 2.37. The maximum Gasteiger partial charge on any atom is 0.253 e. The van der Waals surface area contributed by atoms with Crippen LogP contribution in [0.3, 0.4) is 0 Å². The third-order valence-electron chi connectivity index (χ3n) is 6.49. The van der Waals surface area contributed by atoms with Gasteiger partial charge in [-0.15, -0.1) is 0 Å². The molecule has 5 nitrogen and oxygen atoms in total. The molecule has 0 unspecified atom stereocenters. The molecule has 2 fully saturated rings. The number of piperazine rings is 1. The molecule has 0 aromatic heterocycles. The molecule has 2 amide bonds. The van der Waals surface area contributed by atoms with Gasteiger partial charge in [-0.2, -0.15) is 0 Å². The molecule has 0 bridgehead atoms. The maximum absolute atomic E-state index is 13.5. The molecule has 164 valence electrons. The number of hydrogen-bond donors (Lipinski definition) is 1. The number of rotatable bonds is 6. The Bertz CT molecular complexity index is 891. The molecule has 1 aliphatic carbocycles. The molecule has 2 aromatic carbocycles. The molecule has 1 aliphatic heterocycles. The molecule has 1 atom stereocenters. The van der Waals surface area contributed by atoms with Crippen molar-refractivity contribution >= 4 is 11.8 Å². The third-order valence-corrected chi connectivity index (χ3v) is 6.49. The highest BCUT2D eigenvalue weighted by atomic mass is 19.1. The molecule has 31 heavy (non-hydrogen) atoms. The first-order chi connectivity index (χ1) is 15.1. The predicted molar refractivity (Wildman–Crippen MR) is 118 cm³/mol. The van der Waals surface area contributed by atoms with Gasteiger partial charge in [-0.25, -0.2) is 4.39 Å². The molecule has 4 rings (SSSR count). The number of amides is 2. The summed E-state index contributed by atoms with van der Waals surface area (Å²) in [6.45, 7) is 2.94. The highest BCUT2D eigenvalue weighted by molar-refractivity contribution is 5.94. The van der Waals surface area contributed by atoms with E-state index in [0.29, 0.717) is 44.2 Å². The third kappa shape index (κ3) is 5.31. The molecule has 2 aliphatic rings. The molecule has 1 N–H and O–H groups in total. The van der Waals surface area contributed by atoms with Crippen LogP contribution in [-0.2, 0) is 11.3 Å². The van der Waals surface area contributed by atoms with E-state index in [0.717, 1.165) is 31.2 Å². The first-order valence-corrected chi connectivity index (χ1v) is 11.2. The number of carbonyl (C=O) groups is 2. The lowest BCUT2D eigenvalue weighted by atomic mass is 9.94. The summed E-state index contributed by atoms with van der Waals surface area (Å²) in [5, 5.41) is 3.03. The summed E-state index contributed by atoms with van der Waals surface area (Å²) in [4.78, 5) is 30.1. The number of hydrogen-bond acceptors (Lipinski definition) is 3. The highest BCUT2D eigenvalue weighted by Crippen LogP contribution is 2.31. The Morgan fingerprint density at radius 1 is 0.968 bits per heavy atom. The Balaban J connectivity index is 1.39. The molecule has 1 heterocycles. The van der Waals surface area contributed by atoms with E-state index in [9.17, 15) is 14.0 Å². The maximum atomic E-state index is 13.5. The topological polar surface area (TPSA) is 52.7 Å². The Labute approximate surface area is 183 Å². The fraction of sp³-hybridized carbons (Fsp3) is 0.440. The SMILES string of the molecule is O=C(NCc1cccc(F)c1)[C@H](C1CCCC1)N1CCN(C(=O)c2ccccc2)CC1. The van der Waals surface area contributed by atoms with Crippen molar-refractivity contribution in [3.8, 4) is 0 Å². The Morgan fingerprint density at radius 3 is 2.35 bits per heavy atom. The van der Waals surface area contributed by atoms with Gasteiger partial charge in [0.2, 0.25) is 5.91 Å². The average Bonchev–Trinajstić information content (AvgIpc) is 3.33. The molecular weight excluding hydrogens is 393 g/mol. The predicted octanol–water partition coefficient (Wildman–Crippen LogP) is 3.46. The van der Waals surface area contributed by atoms with E-state index >= 15 is 0 Å². The summed E-state index contributed by atoms with van der Waals surface area (Å²) in [6.07, 6.45) is 4.43. The van der Waals surface area contributed by atoms with Gasteiger partial charge in [0.15, 0.2) is 0 Å². The number of benzene rings is 2. The molecular formula is C25H30FN3O2. The first-order valence-electron chi connectivity index (χ1n) is 11.2. The van der Waals surface area contributed by atoms with Crippen LogP contribution >= 0.6 is 0 Å². The van der Waals surface area contributed by atoms with Crippen LogP contribution in [0.25, 0.3) is 0 Å². The minimum Gasteiger partial charge on any atom is -0.351 e. The molecule has 0 spiro atoms. The van der Waals surface area contributed by atoms with Gasteiger partial charge in [0.05, 0.1) is 6.04 Å². The smallest absolute Gasteiger partial charge is 0.253 e. The van der Waals surface area contributed by atoms with E-state index in [1.807, 2.05) is 41.3 Å². The van der Waals surface area contributed by atoms with Crippen molar-refractivity contribution in [3.63, 3.8) is 0 Å². The van der Waals surface area contributed by atoms with Crippen molar-refractivity contribution in [2.24, 2.45) is 5.92 Å². The van der Waals surface area contributed by atoms with Gasteiger partial charge >= 0.3 is 0 Å². The fourth-order valence-corrected chi connectivity index (χ4v) is 4.86. The van der Waals surface area contributed by atoms with Crippen LogP contribution in [0.4, 0.5) is 4.39 Å². The second kappa shape index (κ2) is 10.1. The van der Waals surface area contributed by atoms with E-state index in [4.69, 9.17) is 0 Å². The van der Waals surface area contributed by atoms with Gasteiger partial charge < -0.3 is 10.2 Å². The lowest BCUT2D eigenvalue weighted by molar-refractivity contribution is -0.129. The number of carbonyl (C=O) groups excluding carboxylic acids is 2. The van der Waals surface area contributed by atoms with Crippen molar-refractivity contribution in [1.82, 2.24) is 15.1 Å². The second-order valence-electron chi connectivity index (χ2n) is 8.53. The standard InChI is InChI=1S/C25H30FN3O2/c26-22-12-6-7-19(17-22)18-27-24(30)23(20-8-4-5-9-20)28-13-15-29(16-14-28)25(31)21-10-2-1-3-11-21/h1-3,6-7,10-12,17,20,23H,4-5,8-9,13-16,18H2,(H,27,30)/t23-/m0/s1. The van der Waals surface area contributed by atoms with Gasteiger partial charge in [0.1, 0.15) is 5.82 Å². The quantitative estimate of drug-likeness (QED) is 0.774. The molecule has 1 saturated carbocycles. The monoisotopic (exact) mass is 423 g/mol. The Hall–Kier alpha value is -2.73. The zero-order valence-corrected chi connectivity index (χ0v) is 17.8. The summed E-state index contributed by atoms with van der Waals surface area (Å²) in [5.74, 6) is 0.106. The van der Waals surface area contributed by atoms with Gasteiger partial charge in [-0.3, -0.25) is 14.5 Å². The van der Waals surface area contributed by atoms with Crippen molar-refractivity contribution in [1.29, 1.82) is 0 Å². The summed E-state index contributed by atoms with van der Waals surface area (Å²) >= 11 is 0. The van der Waals surface area contributed by atoms with E-state index < -0.39 is 0 Å². The van der Waals surface area contributed by atoms with E-state index in [1.54, 1.807) is 6.07 Å². The van der Waals surface area contributed by atoms with Crippen LogP contribution in [0.5, 0.6) is 0 Å². The van der Waals surface area contributed by atoms with Gasteiger partial charge in [-0.1, -0.05) is 43.2 Å². The van der Waals surface area contributed by atoms with E-state index in [2.05, 4.69) is 10.2 Å². The van der Waals surface area contributed by atoms with Crippen LogP contribution in [0, 0.1) is 11.7 Å². The molecule has 6 heteroatoms. The van der Waals surface area contributed by atoms with Crippen LogP contribution in [0.15, 0.2) is 54.6 Å². The van der Waals surface area contributed by atoms with Crippen molar-refractivity contribution in [2.45, 2.75) is 38.3 Å². The summed E-state index contributed by atoms with van der Waals surface area (Å²) < 4.78 is 13.5. The van der Waals surface area contributed by atoms with Gasteiger partial charge in [0, 0.05) is 38.3 Å². The van der Waals surface area contributed by atoms with Crippen molar-refractivity contribution < 1.29 is 14.0 Å². The molecule has 0 radical (unpaired) electrons. The number of nitrogens with one attached hydrogen (secondary N) is 1. The summed E-state index contributed by atoms with van der Waals surface area (Å²) in [5.41, 5.74) is 1.47. The zero-order valence-electron chi connectivity index (χ0n) is 17.8. The second-order valence-corrected chi connectivity index (χ2v) is 8.53. The van der Waals surface area contributed by atoms with E-state index in [-0.39, 0.29) is 23.7 Å².